The van der Waals surface area contributed by atoms with Crippen LogP contribution in [0.3, 0.4) is 0 Å². The number of para-hydroxylation sites is 2. The second-order valence-electron chi connectivity index (χ2n) is 9.30. The Morgan fingerprint density at radius 3 is 2.78 bits per heavy atom. The zero-order valence-corrected chi connectivity index (χ0v) is 20.4. The maximum atomic E-state index is 13.5. The largest absolute Gasteiger partial charge is 0.507 e. The molecule has 1 fully saturated rings. The number of Topliss-reactive ketones (excluding diaryl/α,β-unsaturated/α-hetero) is 1. The van der Waals surface area contributed by atoms with Gasteiger partial charge in [0.05, 0.1) is 31.9 Å². The minimum Gasteiger partial charge on any atom is -0.507 e. The van der Waals surface area contributed by atoms with E-state index in [-0.39, 0.29) is 17.9 Å². The Morgan fingerprint density at radius 1 is 1.11 bits per heavy atom. The maximum Gasteiger partial charge on any atom is 0.295 e. The van der Waals surface area contributed by atoms with E-state index < -0.39 is 17.7 Å². The number of likely N-dealkylation sites (tertiary alicyclic amines) is 1. The van der Waals surface area contributed by atoms with Gasteiger partial charge in [0.15, 0.2) is 0 Å². The van der Waals surface area contributed by atoms with E-state index in [4.69, 9.17) is 9.47 Å². The van der Waals surface area contributed by atoms with Gasteiger partial charge in [0, 0.05) is 33.8 Å². The molecule has 1 aromatic heterocycles. The molecule has 0 spiro atoms. The van der Waals surface area contributed by atoms with Gasteiger partial charge in [-0.05, 0) is 48.7 Å². The number of aryl methyl sites for hydroxylation is 1. The van der Waals surface area contributed by atoms with E-state index in [1.165, 1.54) is 4.90 Å². The number of aromatic amines is 1. The van der Waals surface area contributed by atoms with Crippen molar-refractivity contribution in [3.8, 4) is 11.5 Å². The number of nitrogens with zero attached hydrogens (tertiary/aromatic N) is 1. The highest BCUT2D eigenvalue weighted by atomic mass is 16.5. The molecular formula is C30H26N2O5. The number of nitrogens with one attached hydrogen (secondary N) is 1. The molecule has 1 unspecified atom stereocenters. The molecule has 7 nitrogen and oxygen atoms in total. The number of aliphatic hydroxyl groups excluding tert-OH is 1. The number of ketones is 1. The summed E-state index contributed by atoms with van der Waals surface area (Å²) in [5.41, 5.74) is 3.93. The van der Waals surface area contributed by atoms with Gasteiger partial charge in [-0.3, -0.25) is 9.59 Å². The first-order valence-electron chi connectivity index (χ1n) is 12.3. The standard InChI is InChI=1S/C30H26N2O5/c1-36-24-11-5-2-7-20(24)17-32-27(22-16-31-23-10-4-3-9-21(22)23)26(29(34)30(32)35)28(33)19-12-13-25-18(15-19)8-6-14-37-25/h2-5,7,9-13,15-16,27,31,33H,6,8,14,17H2,1H3/b28-26+. The fourth-order valence-electron chi connectivity index (χ4n) is 5.37. The van der Waals surface area contributed by atoms with Crippen LogP contribution in [0.2, 0.25) is 0 Å². The number of H-pyrrole nitrogens is 1. The predicted octanol–water partition coefficient (Wildman–Crippen LogP) is 5.12. The van der Waals surface area contributed by atoms with Crippen molar-refractivity contribution in [1.82, 2.24) is 9.88 Å². The van der Waals surface area contributed by atoms with Crippen LogP contribution in [-0.2, 0) is 22.6 Å². The topological polar surface area (TPSA) is 91.9 Å². The summed E-state index contributed by atoms with van der Waals surface area (Å²) < 4.78 is 11.2. The lowest BCUT2D eigenvalue weighted by Gasteiger charge is -2.26. The molecule has 0 radical (unpaired) electrons. The number of aliphatic hydroxyl groups is 1. The normalized spacial score (nSPS) is 18.6. The van der Waals surface area contributed by atoms with Gasteiger partial charge in [0.1, 0.15) is 17.3 Å². The van der Waals surface area contributed by atoms with Crippen molar-refractivity contribution in [1.29, 1.82) is 0 Å². The molecule has 4 aromatic rings. The smallest absolute Gasteiger partial charge is 0.295 e. The lowest BCUT2D eigenvalue weighted by molar-refractivity contribution is -0.140. The predicted molar refractivity (Wildman–Crippen MR) is 139 cm³/mol. The molecule has 2 N–H and O–H groups in total. The molecule has 6 rings (SSSR count). The number of ether oxygens (including phenoxy) is 2. The van der Waals surface area contributed by atoms with Gasteiger partial charge in [-0.25, -0.2) is 0 Å². The number of carbonyl (C=O) groups excluding carboxylic acids is 2. The van der Waals surface area contributed by atoms with E-state index >= 15 is 0 Å². The second kappa shape index (κ2) is 9.17. The number of hydrogen-bond donors (Lipinski definition) is 2. The number of hydrogen-bond acceptors (Lipinski definition) is 5. The van der Waals surface area contributed by atoms with Gasteiger partial charge >= 0.3 is 0 Å². The van der Waals surface area contributed by atoms with Crippen LogP contribution in [0.15, 0.2) is 78.5 Å². The number of rotatable bonds is 5. The van der Waals surface area contributed by atoms with Crippen LogP contribution in [0.1, 0.15) is 34.7 Å². The fraction of sp³-hybridized carbons (Fsp3) is 0.200. The van der Waals surface area contributed by atoms with Crippen LogP contribution in [0.5, 0.6) is 11.5 Å². The van der Waals surface area contributed by atoms with E-state index in [9.17, 15) is 14.7 Å². The third kappa shape index (κ3) is 3.83. The van der Waals surface area contributed by atoms with Gasteiger partial charge in [-0.2, -0.15) is 0 Å². The minimum absolute atomic E-state index is 0.0707. The van der Waals surface area contributed by atoms with E-state index in [1.54, 1.807) is 13.2 Å². The van der Waals surface area contributed by atoms with Gasteiger partial charge < -0.3 is 24.5 Å². The molecular weight excluding hydrogens is 468 g/mol. The summed E-state index contributed by atoms with van der Waals surface area (Å²) >= 11 is 0. The first kappa shape index (κ1) is 22.9. The van der Waals surface area contributed by atoms with Crippen molar-refractivity contribution >= 4 is 28.4 Å². The molecule has 2 aliphatic heterocycles. The minimum atomic E-state index is -0.784. The van der Waals surface area contributed by atoms with E-state index in [0.717, 1.165) is 46.2 Å². The van der Waals surface area contributed by atoms with Gasteiger partial charge in [-0.1, -0.05) is 36.4 Å². The SMILES string of the molecule is COc1ccccc1CN1C(=O)C(=O)/C(=C(/O)c2ccc3c(c2)CCCO3)C1c1c[nH]c2ccccc12. The third-order valence-electron chi connectivity index (χ3n) is 7.17. The Balaban J connectivity index is 1.53. The van der Waals surface area contributed by atoms with Crippen molar-refractivity contribution in [2.45, 2.75) is 25.4 Å². The Labute approximate surface area is 213 Å². The summed E-state index contributed by atoms with van der Waals surface area (Å²) in [5, 5.41) is 12.4. The average Bonchev–Trinajstić information content (AvgIpc) is 3.47. The molecule has 3 aromatic carbocycles. The van der Waals surface area contributed by atoms with Crippen molar-refractivity contribution < 1.29 is 24.2 Å². The second-order valence-corrected chi connectivity index (χ2v) is 9.30. The van der Waals surface area contributed by atoms with Crippen LogP contribution in [0.25, 0.3) is 16.7 Å². The third-order valence-corrected chi connectivity index (χ3v) is 7.17. The van der Waals surface area contributed by atoms with Crippen molar-refractivity contribution in [2.75, 3.05) is 13.7 Å². The molecule has 0 saturated carbocycles. The maximum absolute atomic E-state index is 13.5. The summed E-state index contributed by atoms with van der Waals surface area (Å²) in [5.74, 6) is -0.158. The number of carbonyl (C=O) groups is 2. The molecule has 1 saturated heterocycles. The molecule has 0 bridgehead atoms. The molecule has 0 aliphatic carbocycles. The Bertz CT molecular complexity index is 1570. The molecule has 1 amide bonds. The number of aromatic nitrogens is 1. The zero-order chi connectivity index (χ0) is 25.5. The van der Waals surface area contributed by atoms with Crippen molar-refractivity contribution in [2.24, 2.45) is 0 Å². The highest BCUT2D eigenvalue weighted by molar-refractivity contribution is 6.46. The Morgan fingerprint density at radius 2 is 1.92 bits per heavy atom. The summed E-state index contributed by atoms with van der Waals surface area (Å²) in [6, 6.07) is 19.7. The van der Waals surface area contributed by atoms with Gasteiger partial charge in [-0.15, -0.1) is 0 Å². The van der Waals surface area contributed by atoms with Crippen LogP contribution in [0.4, 0.5) is 0 Å². The van der Waals surface area contributed by atoms with E-state index in [0.29, 0.717) is 17.9 Å². The number of fused-ring (bicyclic) bond motifs is 2. The van der Waals surface area contributed by atoms with Gasteiger partial charge in [0.2, 0.25) is 0 Å². The first-order chi connectivity index (χ1) is 18.1. The van der Waals surface area contributed by atoms with Crippen LogP contribution in [-0.4, -0.2) is 40.4 Å². The lowest BCUT2D eigenvalue weighted by Crippen LogP contribution is -2.29. The fourth-order valence-corrected chi connectivity index (χ4v) is 5.37. The van der Waals surface area contributed by atoms with E-state index in [1.807, 2.05) is 66.9 Å². The highest BCUT2D eigenvalue weighted by Gasteiger charge is 2.47. The summed E-state index contributed by atoms with van der Waals surface area (Å²) in [7, 11) is 1.57. The average molecular weight is 495 g/mol. The monoisotopic (exact) mass is 494 g/mol. The van der Waals surface area contributed by atoms with Gasteiger partial charge in [0.25, 0.3) is 11.7 Å². The van der Waals surface area contributed by atoms with Crippen molar-refractivity contribution in [3.05, 3.63) is 101 Å². The lowest BCUT2D eigenvalue weighted by atomic mass is 9.93. The molecule has 3 heterocycles. The summed E-state index contributed by atoms with van der Waals surface area (Å²) in [4.78, 5) is 31.8. The van der Waals surface area contributed by atoms with Crippen LogP contribution in [0, 0.1) is 0 Å². The number of methoxy groups -OCH3 is 1. The van der Waals surface area contributed by atoms with Crippen LogP contribution < -0.4 is 9.47 Å². The Hall–Kier alpha value is -4.52. The van der Waals surface area contributed by atoms with E-state index in [2.05, 4.69) is 4.98 Å². The quantitative estimate of drug-likeness (QED) is 0.228. The molecule has 186 valence electrons. The number of amides is 1. The molecule has 1 atom stereocenters. The highest BCUT2D eigenvalue weighted by Crippen LogP contribution is 2.43. The van der Waals surface area contributed by atoms with Crippen molar-refractivity contribution in [3.63, 3.8) is 0 Å². The molecule has 2 aliphatic rings. The Kier molecular flexibility index (Phi) is 5.68. The zero-order valence-electron chi connectivity index (χ0n) is 20.4. The molecule has 7 heteroatoms. The summed E-state index contributed by atoms with van der Waals surface area (Å²) in [6.45, 7) is 0.806. The molecule has 37 heavy (non-hydrogen) atoms. The number of benzene rings is 3. The summed E-state index contributed by atoms with van der Waals surface area (Å²) in [6.07, 6.45) is 3.52. The van der Waals surface area contributed by atoms with Crippen LogP contribution >= 0.6 is 0 Å². The first-order valence-corrected chi connectivity index (χ1v) is 12.3.